The van der Waals surface area contributed by atoms with E-state index in [4.69, 9.17) is 4.74 Å². The van der Waals surface area contributed by atoms with E-state index in [9.17, 15) is 24.8 Å². The maximum absolute atomic E-state index is 12.4. The number of benzene rings is 2. The van der Waals surface area contributed by atoms with Crippen LogP contribution in [0.4, 0.5) is 10.5 Å². The van der Waals surface area contributed by atoms with Gasteiger partial charge in [0.1, 0.15) is 6.61 Å². The molecular weight excluding hydrogens is 558 g/mol. The molecule has 1 aliphatic heterocycles. The van der Waals surface area contributed by atoms with Crippen molar-refractivity contribution in [1.82, 2.24) is 9.80 Å². The molecule has 44 heavy (non-hydrogen) atoms. The summed E-state index contributed by atoms with van der Waals surface area (Å²) in [4.78, 5) is 37.7. The quantitative estimate of drug-likeness (QED) is 0.170. The number of aliphatic carboxylic acids is 1. The van der Waals surface area contributed by atoms with Gasteiger partial charge < -0.3 is 19.6 Å². The maximum Gasteiger partial charge on any atom is 0.410 e. The standard InChI is InChI=1S/C17H23N3O4.C12H20O2.C6H6/c1-3-10-19(15-8-11-18(2)12-9-15)17(21)24-13-14-4-6-16(7-5-14)20(22)23;1-8-2-5-10(6-8)11(12(13)14)7-9-3-4-9;1-2-4-6-5-3-1/h3-7,15H,1,8-13H2,2H3;8-11H,2-7H2,1H3,(H,13,14);1-6H. The Labute approximate surface area is 262 Å². The van der Waals surface area contributed by atoms with Crippen LogP contribution < -0.4 is 0 Å². The number of hydrogen-bond acceptors (Lipinski definition) is 6. The molecule has 3 aliphatic rings. The van der Waals surface area contributed by atoms with E-state index >= 15 is 0 Å². The summed E-state index contributed by atoms with van der Waals surface area (Å²) in [6, 6.07) is 18.2. The lowest BCUT2D eigenvalue weighted by molar-refractivity contribution is -0.384. The minimum absolute atomic E-state index is 0.0182. The van der Waals surface area contributed by atoms with Crippen LogP contribution in [0.1, 0.15) is 63.9 Å². The van der Waals surface area contributed by atoms with Crippen LogP contribution in [0, 0.1) is 33.8 Å². The minimum atomic E-state index is -0.545. The normalized spacial score (nSPS) is 20.6. The summed E-state index contributed by atoms with van der Waals surface area (Å²) in [6.45, 7) is 8.41. The summed E-state index contributed by atoms with van der Waals surface area (Å²) in [6.07, 6.45) is 10.2. The van der Waals surface area contributed by atoms with Crippen molar-refractivity contribution in [2.75, 3.05) is 26.7 Å². The molecule has 2 aromatic carbocycles. The molecule has 9 nitrogen and oxygen atoms in total. The highest BCUT2D eigenvalue weighted by molar-refractivity contribution is 5.70. The average Bonchev–Trinajstić information content (AvgIpc) is 3.76. The molecule has 3 atom stereocenters. The Bertz CT molecular complexity index is 1140. The average molecular weight is 608 g/mol. The van der Waals surface area contributed by atoms with Gasteiger partial charge in [-0.3, -0.25) is 14.9 Å². The molecule has 9 heteroatoms. The molecule has 2 saturated carbocycles. The summed E-state index contributed by atoms with van der Waals surface area (Å²) >= 11 is 0. The summed E-state index contributed by atoms with van der Waals surface area (Å²) in [5.74, 6) is 1.39. The first-order valence-corrected chi connectivity index (χ1v) is 15.9. The van der Waals surface area contributed by atoms with Gasteiger partial charge in [0, 0.05) is 24.7 Å². The van der Waals surface area contributed by atoms with Crippen molar-refractivity contribution < 1.29 is 24.4 Å². The number of nitro groups is 1. The molecule has 3 fully saturated rings. The molecule has 240 valence electrons. The molecule has 1 heterocycles. The van der Waals surface area contributed by atoms with Gasteiger partial charge in [-0.05, 0) is 87.7 Å². The van der Waals surface area contributed by atoms with E-state index in [0.29, 0.717) is 12.5 Å². The van der Waals surface area contributed by atoms with E-state index in [1.165, 1.54) is 31.4 Å². The third kappa shape index (κ3) is 12.1. The second kappa shape index (κ2) is 18.2. The van der Waals surface area contributed by atoms with Gasteiger partial charge in [0.25, 0.3) is 5.69 Å². The molecule has 0 radical (unpaired) electrons. The SMILES string of the molecule is C=CCN(C(=O)OCc1ccc([N+](=O)[O-])cc1)C1CCN(C)CC1.CC1CCC(C(CC2CC2)C(=O)O)C1.c1ccccc1. The molecule has 5 rings (SSSR count). The number of hydrogen-bond donors (Lipinski definition) is 1. The number of nitro benzene ring substituents is 1. The van der Waals surface area contributed by atoms with Gasteiger partial charge in [-0.15, -0.1) is 6.58 Å². The Morgan fingerprint density at radius 2 is 1.64 bits per heavy atom. The van der Waals surface area contributed by atoms with Crippen LogP contribution >= 0.6 is 0 Å². The van der Waals surface area contributed by atoms with E-state index in [1.807, 2.05) is 36.4 Å². The molecule has 1 N–H and O–H groups in total. The highest BCUT2D eigenvalue weighted by atomic mass is 16.6. The van der Waals surface area contributed by atoms with Gasteiger partial charge in [0.15, 0.2) is 0 Å². The molecule has 1 saturated heterocycles. The molecule has 0 spiro atoms. The fraction of sp³-hybridized carbons (Fsp3) is 0.543. The van der Waals surface area contributed by atoms with E-state index in [0.717, 1.165) is 62.6 Å². The van der Waals surface area contributed by atoms with Crippen LogP contribution in [0.15, 0.2) is 73.3 Å². The minimum Gasteiger partial charge on any atom is -0.481 e. The number of non-ortho nitro benzene ring substituents is 1. The van der Waals surface area contributed by atoms with Crippen LogP contribution in [0.5, 0.6) is 0 Å². The summed E-state index contributed by atoms with van der Waals surface area (Å²) in [5, 5.41) is 19.8. The van der Waals surface area contributed by atoms with Gasteiger partial charge in [-0.25, -0.2) is 4.79 Å². The Kier molecular flexibility index (Phi) is 14.4. The number of carboxylic acids is 1. The Morgan fingerprint density at radius 3 is 2.09 bits per heavy atom. The zero-order valence-electron chi connectivity index (χ0n) is 26.3. The first-order chi connectivity index (χ1) is 21.2. The summed E-state index contributed by atoms with van der Waals surface area (Å²) < 4.78 is 5.38. The number of ether oxygens (including phenoxy) is 1. The lowest BCUT2D eigenvalue weighted by Gasteiger charge is -2.36. The molecular formula is C35H49N3O6. The second-order valence-electron chi connectivity index (χ2n) is 12.4. The van der Waals surface area contributed by atoms with Crippen LogP contribution in [0.25, 0.3) is 0 Å². The third-order valence-corrected chi connectivity index (χ3v) is 8.77. The Hall–Kier alpha value is -3.72. The largest absolute Gasteiger partial charge is 0.481 e. The first-order valence-electron chi connectivity index (χ1n) is 15.9. The zero-order valence-corrected chi connectivity index (χ0v) is 26.3. The molecule has 3 unspecified atom stereocenters. The van der Waals surface area contributed by atoms with Gasteiger partial charge >= 0.3 is 12.1 Å². The van der Waals surface area contributed by atoms with Crippen LogP contribution in [0.2, 0.25) is 0 Å². The van der Waals surface area contributed by atoms with Crippen molar-refractivity contribution >= 4 is 17.7 Å². The predicted octanol–water partition coefficient (Wildman–Crippen LogP) is 7.42. The molecule has 0 bridgehead atoms. The lowest BCUT2D eigenvalue weighted by Crippen LogP contribution is -2.46. The van der Waals surface area contributed by atoms with Crippen LogP contribution in [-0.2, 0) is 16.1 Å². The number of likely N-dealkylation sites (tertiary alicyclic amines) is 1. The van der Waals surface area contributed by atoms with Crippen molar-refractivity contribution in [3.8, 4) is 0 Å². The van der Waals surface area contributed by atoms with Crippen molar-refractivity contribution in [3.05, 3.63) is 89.0 Å². The van der Waals surface area contributed by atoms with Crippen molar-refractivity contribution in [2.45, 2.75) is 70.9 Å². The van der Waals surface area contributed by atoms with Crippen LogP contribution in [-0.4, -0.2) is 64.6 Å². The van der Waals surface area contributed by atoms with Crippen molar-refractivity contribution in [1.29, 1.82) is 0 Å². The Morgan fingerprint density at radius 1 is 1.05 bits per heavy atom. The number of carbonyl (C=O) groups is 2. The van der Waals surface area contributed by atoms with Gasteiger partial charge in [-0.2, -0.15) is 0 Å². The maximum atomic E-state index is 12.4. The number of carbonyl (C=O) groups excluding carboxylic acids is 1. The zero-order chi connectivity index (χ0) is 31.9. The fourth-order valence-electron chi connectivity index (χ4n) is 5.97. The number of rotatable bonds is 10. The smallest absolute Gasteiger partial charge is 0.410 e. The number of carboxylic acid groups (broad SMARTS) is 1. The van der Waals surface area contributed by atoms with E-state index < -0.39 is 10.9 Å². The first kappa shape index (κ1) is 34.8. The molecule has 1 amide bonds. The topological polar surface area (TPSA) is 113 Å². The number of piperidine rings is 1. The van der Waals surface area contributed by atoms with E-state index in [1.54, 1.807) is 23.1 Å². The monoisotopic (exact) mass is 607 g/mol. The van der Waals surface area contributed by atoms with Crippen LogP contribution in [0.3, 0.4) is 0 Å². The molecule has 2 aromatic rings. The van der Waals surface area contributed by atoms with Crippen molar-refractivity contribution in [3.63, 3.8) is 0 Å². The Balaban J connectivity index is 0.000000219. The predicted molar refractivity (Wildman–Crippen MR) is 172 cm³/mol. The highest BCUT2D eigenvalue weighted by Crippen LogP contribution is 2.43. The number of nitrogens with zero attached hydrogens (tertiary/aromatic N) is 3. The molecule has 2 aliphatic carbocycles. The lowest BCUT2D eigenvalue weighted by atomic mass is 9.86. The van der Waals surface area contributed by atoms with Crippen molar-refractivity contribution in [2.24, 2.45) is 23.7 Å². The second-order valence-corrected chi connectivity index (χ2v) is 12.4. The summed E-state index contributed by atoms with van der Waals surface area (Å²) in [5.41, 5.74) is 0.737. The highest BCUT2D eigenvalue weighted by Gasteiger charge is 2.37. The summed E-state index contributed by atoms with van der Waals surface area (Å²) in [7, 11) is 2.07. The van der Waals surface area contributed by atoms with Gasteiger partial charge in [0.05, 0.1) is 10.8 Å². The van der Waals surface area contributed by atoms with Gasteiger partial charge in [0.2, 0.25) is 0 Å². The third-order valence-electron chi connectivity index (χ3n) is 8.77. The van der Waals surface area contributed by atoms with Gasteiger partial charge in [-0.1, -0.05) is 68.7 Å². The van der Waals surface area contributed by atoms with E-state index in [2.05, 4.69) is 25.5 Å². The van der Waals surface area contributed by atoms with E-state index in [-0.39, 0.29) is 30.3 Å². The molecule has 0 aromatic heterocycles. The number of amides is 1. The fourth-order valence-corrected chi connectivity index (χ4v) is 5.97.